The standard InChI is InChI=1S/C8H16O/c1-6-4-5-9-8(3)7(6)2/h6-8H,4-5H2,1-3H3/t6?,7-,8?/m0/s1. The van der Waals surface area contributed by atoms with Gasteiger partial charge in [-0.3, -0.25) is 0 Å². The van der Waals surface area contributed by atoms with Gasteiger partial charge in [0.25, 0.3) is 0 Å². The highest BCUT2D eigenvalue weighted by Gasteiger charge is 2.23. The van der Waals surface area contributed by atoms with Gasteiger partial charge in [0.1, 0.15) is 0 Å². The smallest absolute Gasteiger partial charge is 0.0575 e. The fourth-order valence-electron chi connectivity index (χ4n) is 1.32. The van der Waals surface area contributed by atoms with E-state index in [4.69, 9.17) is 4.74 Å². The molecule has 0 aromatic heterocycles. The Labute approximate surface area is 57.4 Å². The quantitative estimate of drug-likeness (QED) is 0.485. The van der Waals surface area contributed by atoms with Crippen molar-refractivity contribution in [1.29, 1.82) is 0 Å². The Hall–Kier alpha value is -0.0400. The second kappa shape index (κ2) is 2.70. The SMILES string of the molecule is CC1CCOC(C)[C@H]1C. The third-order valence-corrected chi connectivity index (χ3v) is 2.59. The van der Waals surface area contributed by atoms with Gasteiger partial charge in [-0.2, -0.15) is 0 Å². The van der Waals surface area contributed by atoms with Crippen molar-refractivity contribution in [2.24, 2.45) is 11.8 Å². The van der Waals surface area contributed by atoms with Crippen molar-refractivity contribution in [3.8, 4) is 0 Å². The topological polar surface area (TPSA) is 9.23 Å². The predicted molar refractivity (Wildman–Crippen MR) is 38.4 cm³/mol. The maximum absolute atomic E-state index is 5.46. The van der Waals surface area contributed by atoms with Crippen LogP contribution in [0.1, 0.15) is 27.2 Å². The van der Waals surface area contributed by atoms with Gasteiger partial charge in [-0.05, 0) is 25.2 Å². The lowest BCUT2D eigenvalue weighted by molar-refractivity contribution is -0.0345. The zero-order valence-electron chi connectivity index (χ0n) is 6.55. The number of hydrogen-bond donors (Lipinski definition) is 0. The molecule has 0 aliphatic carbocycles. The fraction of sp³-hybridized carbons (Fsp3) is 1.00. The summed E-state index contributed by atoms with van der Waals surface area (Å²) in [6.45, 7) is 7.71. The summed E-state index contributed by atoms with van der Waals surface area (Å²) in [5, 5.41) is 0. The highest BCUT2D eigenvalue weighted by atomic mass is 16.5. The Morgan fingerprint density at radius 3 is 2.33 bits per heavy atom. The van der Waals surface area contributed by atoms with Crippen molar-refractivity contribution in [3.63, 3.8) is 0 Å². The van der Waals surface area contributed by atoms with Crippen LogP contribution < -0.4 is 0 Å². The summed E-state index contributed by atoms with van der Waals surface area (Å²) in [7, 11) is 0. The monoisotopic (exact) mass is 128 g/mol. The summed E-state index contributed by atoms with van der Waals surface area (Å²) in [6.07, 6.45) is 1.72. The molecule has 0 amide bonds. The van der Waals surface area contributed by atoms with E-state index < -0.39 is 0 Å². The average molecular weight is 128 g/mol. The van der Waals surface area contributed by atoms with Gasteiger partial charge in [-0.1, -0.05) is 13.8 Å². The summed E-state index contributed by atoms with van der Waals surface area (Å²) < 4.78 is 5.46. The molecular weight excluding hydrogens is 112 g/mol. The second-order valence-corrected chi connectivity index (χ2v) is 3.20. The van der Waals surface area contributed by atoms with E-state index in [1.165, 1.54) is 6.42 Å². The second-order valence-electron chi connectivity index (χ2n) is 3.20. The molecule has 0 saturated carbocycles. The molecule has 0 radical (unpaired) electrons. The summed E-state index contributed by atoms with van der Waals surface area (Å²) >= 11 is 0. The first-order valence-corrected chi connectivity index (χ1v) is 3.83. The molecule has 9 heavy (non-hydrogen) atoms. The van der Waals surface area contributed by atoms with Crippen LogP contribution in [-0.2, 0) is 4.74 Å². The maximum atomic E-state index is 5.46. The molecule has 1 heteroatoms. The van der Waals surface area contributed by atoms with E-state index >= 15 is 0 Å². The molecule has 1 saturated heterocycles. The molecule has 1 heterocycles. The van der Waals surface area contributed by atoms with Crippen LogP contribution in [0.25, 0.3) is 0 Å². The molecule has 1 aliphatic rings. The molecule has 0 bridgehead atoms. The molecule has 0 aromatic rings. The van der Waals surface area contributed by atoms with Crippen molar-refractivity contribution < 1.29 is 4.74 Å². The number of rotatable bonds is 0. The molecular formula is C8H16O. The molecule has 1 fully saturated rings. The summed E-state index contributed by atoms with van der Waals surface area (Å²) in [5.41, 5.74) is 0. The van der Waals surface area contributed by atoms with Gasteiger partial charge >= 0.3 is 0 Å². The molecule has 0 aromatic carbocycles. The van der Waals surface area contributed by atoms with Crippen molar-refractivity contribution in [2.75, 3.05) is 6.61 Å². The summed E-state index contributed by atoms with van der Waals surface area (Å²) in [5.74, 6) is 1.60. The van der Waals surface area contributed by atoms with E-state index in [9.17, 15) is 0 Å². The molecule has 0 N–H and O–H groups in total. The van der Waals surface area contributed by atoms with Crippen molar-refractivity contribution in [1.82, 2.24) is 0 Å². The average Bonchev–Trinajstić information content (AvgIpc) is 1.83. The minimum atomic E-state index is 0.480. The molecule has 2 unspecified atom stereocenters. The van der Waals surface area contributed by atoms with E-state index in [-0.39, 0.29) is 0 Å². The first-order chi connectivity index (χ1) is 4.22. The van der Waals surface area contributed by atoms with E-state index in [2.05, 4.69) is 20.8 Å². The van der Waals surface area contributed by atoms with E-state index in [0.29, 0.717) is 6.10 Å². The highest BCUT2D eigenvalue weighted by Crippen LogP contribution is 2.25. The lowest BCUT2D eigenvalue weighted by atomic mass is 9.87. The minimum Gasteiger partial charge on any atom is -0.378 e. The number of ether oxygens (including phenoxy) is 1. The third kappa shape index (κ3) is 1.45. The largest absolute Gasteiger partial charge is 0.378 e. The molecule has 0 spiro atoms. The van der Waals surface area contributed by atoms with Crippen LogP contribution in [0.4, 0.5) is 0 Å². The zero-order chi connectivity index (χ0) is 6.85. The van der Waals surface area contributed by atoms with Gasteiger partial charge in [0.05, 0.1) is 6.10 Å². The predicted octanol–water partition coefficient (Wildman–Crippen LogP) is 2.07. The number of hydrogen-bond acceptors (Lipinski definition) is 1. The van der Waals surface area contributed by atoms with Gasteiger partial charge in [0, 0.05) is 6.61 Å². The van der Waals surface area contributed by atoms with Crippen molar-refractivity contribution in [2.45, 2.75) is 33.3 Å². The first kappa shape index (κ1) is 7.07. The fourth-order valence-corrected chi connectivity index (χ4v) is 1.32. The van der Waals surface area contributed by atoms with Crippen LogP contribution in [0.15, 0.2) is 0 Å². The Morgan fingerprint density at radius 2 is 1.89 bits per heavy atom. The first-order valence-electron chi connectivity index (χ1n) is 3.83. The van der Waals surface area contributed by atoms with Gasteiger partial charge in [-0.15, -0.1) is 0 Å². The molecule has 54 valence electrons. The molecule has 3 atom stereocenters. The van der Waals surface area contributed by atoms with Gasteiger partial charge in [-0.25, -0.2) is 0 Å². The van der Waals surface area contributed by atoms with Crippen LogP contribution in [0.5, 0.6) is 0 Å². The highest BCUT2D eigenvalue weighted by molar-refractivity contribution is 4.72. The van der Waals surface area contributed by atoms with Crippen molar-refractivity contribution in [3.05, 3.63) is 0 Å². The zero-order valence-corrected chi connectivity index (χ0v) is 6.55. The Kier molecular flexibility index (Phi) is 2.12. The molecule has 1 rings (SSSR count). The molecule has 1 aliphatic heterocycles. The Morgan fingerprint density at radius 1 is 1.22 bits per heavy atom. The van der Waals surface area contributed by atoms with Crippen molar-refractivity contribution >= 4 is 0 Å². The Bertz CT molecular complexity index is 80.6. The minimum absolute atomic E-state index is 0.480. The van der Waals surface area contributed by atoms with Crippen LogP contribution in [0.2, 0.25) is 0 Å². The third-order valence-electron chi connectivity index (χ3n) is 2.59. The summed E-state index contributed by atoms with van der Waals surface area (Å²) in [4.78, 5) is 0. The van der Waals surface area contributed by atoms with E-state index in [0.717, 1.165) is 18.4 Å². The van der Waals surface area contributed by atoms with E-state index in [1.54, 1.807) is 0 Å². The van der Waals surface area contributed by atoms with Gasteiger partial charge < -0.3 is 4.74 Å². The molecule has 1 nitrogen and oxygen atoms in total. The van der Waals surface area contributed by atoms with Crippen LogP contribution in [-0.4, -0.2) is 12.7 Å². The lowest BCUT2D eigenvalue weighted by Crippen LogP contribution is -2.30. The van der Waals surface area contributed by atoms with Crippen LogP contribution in [0, 0.1) is 11.8 Å². The Balaban J connectivity index is 2.41. The normalized spacial score (nSPS) is 45.0. The summed E-state index contributed by atoms with van der Waals surface area (Å²) in [6, 6.07) is 0. The lowest BCUT2D eigenvalue weighted by Gasteiger charge is -2.31. The van der Waals surface area contributed by atoms with E-state index in [1.807, 2.05) is 0 Å². The maximum Gasteiger partial charge on any atom is 0.0575 e. The van der Waals surface area contributed by atoms with Gasteiger partial charge in [0.15, 0.2) is 0 Å². The van der Waals surface area contributed by atoms with Crippen LogP contribution >= 0.6 is 0 Å². The van der Waals surface area contributed by atoms with Gasteiger partial charge in [0.2, 0.25) is 0 Å². The van der Waals surface area contributed by atoms with Crippen LogP contribution in [0.3, 0.4) is 0 Å².